The van der Waals surface area contributed by atoms with Gasteiger partial charge in [-0.2, -0.15) is 0 Å². The van der Waals surface area contributed by atoms with Crippen LogP contribution in [0.3, 0.4) is 0 Å². The Hall–Kier alpha value is -2.86. The maximum Gasteiger partial charge on any atom is 0.253 e. The molecule has 6 heteroatoms. The van der Waals surface area contributed by atoms with E-state index in [4.69, 9.17) is 4.74 Å². The highest BCUT2D eigenvalue weighted by Gasteiger charge is 2.24. The van der Waals surface area contributed by atoms with E-state index in [1.165, 1.54) is 0 Å². The fourth-order valence-electron chi connectivity index (χ4n) is 3.12. The van der Waals surface area contributed by atoms with Gasteiger partial charge in [0.15, 0.2) is 0 Å². The first kappa shape index (κ1) is 18.9. The Morgan fingerprint density at radius 3 is 2.19 bits per heavy atom. The van der Waals surface area contributed by atoms with Gasteiger partial charge in [0.25, 0.3) is 5.91 Å². The number of piperazine rings is 1. The van der Waals surface area contributed by atoms with Crippen molar-refractivity contribution in [2.45, 2.75) is 0 Å². The van der Waals surface area contributed by atoms with Gasteiger partial charge in [-0.25, -0.2) is 0 Å². The summed E-state index contributed by atoms with van der Waals surface area (Å²) >= 11 is 0. The van der Waals surface area contributed by atoms with Crippen molar-refractivity contribution in [3.63, 3.8) is 0 Å². The molecule has 1 saturated heterocycles. The summed E-state index contributed by atoms with van der Waals surface area (Å²) in [5.74, 6) is 0.804. The first-order valence-corrected chi connectivity index (χ1v) is 9.06. The zero-order valence-electron chi connectivity index (χ0n) is 15.8. The van der Waals surface area contributed by atoms with Gasteiger partial charge in [-0.05, 0) is 36.4 Å². The summed E-state index contributed by atoms with van der Waals surface area (Å²) in [6.45, 7) is 2.98. The monoisotopic (exact) mass is 367 g/mol. The van der Waals surface area contributed by atoms with Gasteiger partial charge in [0.1, 0.15) is 5.75 Å². The second-order valence-electron chi connectivity index (χ2n) is 6.59. The summed E-state index contributed by atoms with van der Waals surface area (Å²) < 4.78 is 5.13. The minimum absolute atomic E-state index is 0.0185. The number of para-hydroxylation sites is 1. The molecule has 27 heavy (non-hydrogen) atoms. The van der Waals surface area contributed by atoms with Gasteiger partial charge in [0, 0.05) is 44.5 Å². The lowest BCUT2D eigenvalue weighted by molar-refractivity contribution is -0.119. The van der Waals surface area contributed by atoms with E-state index in [1.807, 2.05) is 35.2 Å². The molecule has 0 radical (unpaired) electrons. The van der Waals surface area contributed by atoms with Crippen LogP contribution in [0.15, 0.2) is 54.6 Å². The molecular weight excluding hydrogens is 342 g/mol. The molecule has 0 atom stereocenters. The average Bonchev–Trinajstić information content (AvgIpc) is 2.74. The number of hydrogen-bond acceptors (Lipinski definition) is 4. The summed E-state index contributed by atoms with van der Waals surface area (Å²) in [6.07, 6.45) is 0. The third-order valence-electron chi connectivity index (χ3n) is 4.87. The fourth-order valence-corrected chi connectivity index (χ4v) is 3.12. The van der Waals surface area contributed by atoms with Crippen LogP contribution in [0.1, 0.15) is 10.4 Å². The molecule has 2 amide bonds. The molecule has 2 aromatic rings. The third kappa shape index (κ3) is 4.65. The molecule has 0 unspecified atom stereocenters. The van der Waals surface area contributed by atoms with Crippen LogP contribution in [0.4, 0.5) is 5.69 Å². The van der Waals surface area contributed by atoms with Crippen LogP contribution in [-0.2, 0) is 4.79 Å². The predicted molar refractivity (Wildman–Crippen MR) is 105 cm³/mol. The van der Waals surface area contributed by atoms with Crippen molar-refractivity contribution < 1.29 is 14.3 Å². The topological polar surface area (TPSA) is 53.1 Å². The predicted octanol–water partition coefficient (Wildman–Crippen LogP) is 2.12. The van der Waals surface area contributed by atoms with Gasteiger partial charge in [-0.15, -0.1) is 0 Å². The van der Waals surface area contributed by atoms with Gasteiger partial charge in [-0.1, -0.05) is 18.2 Å². The van der Waals surface area contributed by atoms with Crippen molar-refractivity contribution in [1.29, 1.82) is 0 Å². The summed E-state index contributed by atoms with van der Waals surface area (Å²) in [6, 6.07) is 16.8. The number of carbonyl (C=O) groups is 2. The number of carbonyl (C=O) groups excluding carboxylic acids is 2. The Balaban J connectivity index is 1.51. The molecule has 1 aliphatic heterocycles. The van der Waals surface area contributed by atoms with Gasteiger partial charge in [0.2, 0.25) is 5.91 Å². The van der Waals surface area contributed by atoms with Gasteiger partial charge >= 0.3 is 0 Å². The molecule has 0 aliphatic carbocycles. The van der Waals surface area contributed by atoms with E-state index in [0.29, 0.717) is 38.3 Å². The largest absolute Gasteiger partial charge is 0.497 e. The van der Waals surface area contributed by atoms with Gasteiger partial charge in [-0.3, -0.25) is 14.5 Å². The third-order valence-corrected chi connectivity index (χ3v) is 4.87. The van der Waals surface area contributed by atoms with Crippen molar-refractivity contribution in [3.8, 4) is 5.75 Å². The van der Waals surface area contributed by atoms with Gasteiger partial charge in [0.05, 0.1) is 13.7 Å². The van der Waals surface area contributed by atoms with E-state index >= 15 is 0 Å². The number of likely N-dealkylation sites (N-methyl/N-ethyl adjacent to an activating group) is 1. The zero-order valence-corrected chi connectivity index (χ0v) is 15.8. The maximum atomic E-state index is 12.6. The van der Waals surface area contributed by atoms with Crippen molar-refractivity contribution in [3.05, 3.63) is 60.2 Å². The smallest absolute Gasteiger partial charge is 0.253 e. The number of hydrogen-bond donors (Lipinski definition) is 0. The Morgan fingerprint density at radius 2 is 1.59 bits per heavy atom. The van der Waals surface area contributed by atoms with Crippen molar-refractivity contribution in [1.82, 2.24) is 9.80 Å². The fraction of sp³-hybridized carbons (Fsp3) is 0.333. The molecule has 6 nitrogen and oxygen atoms in total. The molecule has 0 saturated carbocycles. The molecule has 1 heterocycles. The number of anilines is 1. The van der Waals surface area contributed by atoms with Crippen LogP contribution in [0, 0.1) is 0 Å². The molecule has 0 bridgehead atoms. The van der Waals surface area contributed by atoms with E-state index in [1.54, 1.807) is 43.3 Å². The number of amides is 2. The lowest BCUT2D eigenvalue weighted by atomic mass is 10.1. The summed E-state index contributed by atoms with van der Waals surface area (Å²) in [7, 11) is 3.40. The number of benzene rings is 2. The molecule has 0 N–H and O–H groups in total. The van der Waals surface area contributed by atoms with Crippen LogP contribution in [-0.4, -0.2) is 68.5 Å². The molecular formula is C21H25N3O3. The standard InChI is InChI=1S/C21H25N3O3/c1-22(18-6-4-3-5-7-18)20(25)16-23-12-14-24(15-13-23)21(26)17-8-10-19(27-2)11-9-17/h3-11H,12-16H2,1-2H3. The lowest BCUT2D eigenvalue weighted by Gasteiger charge is -2.35. The van der Waals surface area contributed by atoms with E-state index in [0.717, 1.165) is 11.4 Å². The Bertz CT molecular complexity index is 769. The van der Waals surface area contributed by atoms with E-state index in [2.05, 4.69) is 4.90 Å². The Labute approximate surface area is 159 Å². The number of methoxy groups -OCH3 is 1. The first-order chi connectivity index (χ1) is 13.1. The average molecular weight is 367 g/mol. The normalized spacial score (nSPS) is 14.7. The summed E-state index contributed by atoms with van der Waals surface area (Å²) in [5.41, 5.74) is 1.54. The SMILES string of the molecule is COc1ccc(C(=O)N2CCN(CC(=O)N(C)c3ccccc3)CC2)cc1. The molecule has 2 aromatic carbocycles. The summed E-state index contributed by atoms with van der Waals surface area (Å²) in [5, 5.41) is 0. The Morgan fingerprint density at radius 1 is 0.963 bits per heavy atom. The maximum absolute atomic E-state index is 12.6. The lowest BCUT2D eigenvalue weighted by Crippen LogP contribution is -2.51. The van der Waals surface area contributed by atoms with Crippen molar-refractivity contribution in [2.24, 2.45) is 0 Å². The van der Waals surface area contributed by atoms with Crippen LogP contribution in [0.25, 0.3) is 0 Å². The highest BCUT2D eigenvalue weighted by Crippen LogP contribution is 2.15. The van der Waals surface area contributed by atoms with Crippen LogP contribution < -0.4 is 9.64 Å². The second-order valence-corrected chi connectivity index (χ2v) is 6.59. The quantitative estimate of drug-likeness (QED) is 0.812. The summed E-state index contributed by atoms with van der Waals surface area (Å²) in [4.78, 5) is 30.7. The number of nitrogens with zero attached hydrogens (tertiary/aromatic N) is 3. The van der Waals surface area contributed by atoms with Crippen LogP contribution >= 0.6 is 0 Å². The van der Waals surface area contributed by atoms with E-state index in [-0.39, 0.29) is 11.8 Å². The minimum atomic E-state index is 0.0185. The van der Waals surface area contributed by atoms with E-state index < -0.39 is 0 Å². The minimum Gasteiger partial charge on any atom is -0.497 e. The van der Waals surface area contributed by atoms with Crippen molar-refractivity contribution in [2.75, 3.05) is 51.8 Å². The van der Waals surface area contributed by atoms with Gasteiger partial charge < -0.3 is 14.5 Å². The highest BCUT2D eigenvalue weighted by atomic mass is 16.5. The number of ether oxygens (including phenoxy) is 1. The molecule has 0 aromatic heterocycles. The highest BCUT2D eigenvalue weighted by molar-refractivity contribution is 5.95. The zero-order chi connectivity index (χ0) is 19.2. The second kappa shape index (κ2) is 8.68. The molecule has 0 spiro atoms. The number of rotatable bonds is 5. The van der Waals surface area contributed by atoms with Crippen molar-refractivity contribution >= 4 is 17.5 Å². The van der Waals surface area contributed by atoms with E-state index in [9.17, 15) is 9.59 Å². The Kier molecular flexibility index (Phi) is 6.08. The molecule has 1 aliphatic rings. The van der Waals surface area contributed by atoms with Crippen LogP contribution in [0.5, 0.6) is 5.75 Å². The molecule has 1 fully saturated rings. The van der Waals surface area contributed by atoms with Crippen LogP contribution in [0.2, 0.25) is 0 Å². The first-order valence-electron chi connectivity index (χ1n) is 9.06. The molecule has 142 valence electrons. The molecule has 3 rings (SSSR count).